The topological polar surface area (TPSA) is 63.4 Å². The van der Waals surface area contributed by atoms with Crippen LogP contribution in [0.15, 0.2) is 4.52 Å². The number of aromatic nitrogens is 2. The fourth-order valence-electron chi connectivity index (χ4n) is 2.47. The van der Waals surface area contributed by atoms with Crippen molar-refractivity contribution in [2.75, 3.05) is 32.8 Å². The molecule has 6 heteroatoms. The normalized spacial score (nSPS) is 26.3. The van der Waals surface area contributed by atoms with E-state index in [-0.39, 0.29) is 6.10 Å². The van der Waals surface area contributed by atoms with E-state index < -0.39 is 0 Å². The summed E-state index contributed by atoms with van der Waals surface area (Å²) in [6.45, 7) is 5.75. The van der Waals surface area contributed by atoms with Crippen molar-refractivity contribution in [3.05, 3.63) is 11.7 Å². The molecule has 0 amide bonds. The van der Waals surface area contributed by atoms with Crippen LogP contribution in [0.2, 0.25) is 0 Å². The summed E-state index contributed by atoms with van der Waals surface area (Å²) in [5, 5.41) is 7.39. The molecule has 0 bridgehead atoms. The number of hydrogen-bond donors (Lipinski definition) is 1. The van der Waals surface area contributed by atoms with Crippen LogP contribution >= 0.6 is 0 Å². The van der Waals surface area contributed by atoms with Crippen molar-refractivity contribution in [2.45, 2.75) is 31.9 Å². The molecule has 0 aliphatic carbocycles. The number of nitrogens with zero attached hydrogens (tertiary/aromatic N) is 3. The molecule has 1 unspecified atom stereocenters. The highest BCUT2D eigenvalue weighted by Gasteiger charge is 2.23. The van der Waals surface area contributed by atoms with Gasteiger partial charge in [-0.2, -0.15) is 4.98 Å². The smallest absolute Gasteiger partial charge is 0.255 e. The molecule has 6 nitrogen and oxygen atoms in total. The van der Waals surface area contributed by atoms with E-state index in [1.807, 2.05) is 0 Å². The minimum atomic E-state index is 0.0167. The van der Waals surface area contributed by atoms with Crippen molar-refractivity contribution in [3.63, 3.8) is 0 Å². The molecule has 0 spiro atoms. The number of rotatable bonds is 3. The Bertz CT molecular complexity index is 370. The second kappa shape index (κ2) is 5.77. The molecule has 100 valence electrons. The lowest BCUT2D eigenvalue weighted by atomic mass is 10.1. The quantitative estimate of drug-likeness (QED) is 0.855. The lowest BCUT2D eigenvalue weighted by molar-refractivity contribution is -0.00459. The van der Waals surface area contributed by atoms with Crippen molar-refractivity contribution < 1.29 is 9.26 Å². The fourth-order valence-corrected chi connectivity index (χ4v) is 2.47. The zero-order valence-corrected chi connectivity index (χ0v) is 10.6. The minimum Gasteiger partial charge on any atom is -0.368 e. The molecule has 1 atom stereocenters. The van der Waals surface area contributed by atoms with Crippen LogP contribution in [-0.4, -0.2) is 47.8 Å². The largest absolute Gasteiger partial charge is 0.368 e. The Kier molecular flexibility index (Phi) is 3.87. The molecule has 2 aliphatic heterocycles. The van der Waals surface area contributed by atoms with Crippen LogP contribution in [-0.2, 0) is 11.3 Å². The van der Waals surface area contributed by atoms with Gasteiger partial charge in [0.25, 0.3) is 5.89 Å². The number of nitrogens with one attached hydrogen (secondary N) is 1. The Labute approximate surface area is 107 Å². The molecule has 2 saturated heterocycles. The molecule has 1 N–H and O–H groups in total. The lowest BCUT2D eigenvalue weighted by Gasteiger charge is -2.25. The molecule has 1 aromatic heterocycles. The van der Waals surface area contributed by atoms with Crippen LogP contribution < -0.4 is 5.32 Å². The predicted octanol–water partition coefficient (Wildman–Crippen LogP) is 0.716. The molecule has 3 heterocycles. The summed E-state index contributed by atoms with van der Waals surface area (Å²) in [6.07, 6.45) is 3.33. The first kappa shape index (κ1) is 12.1. The van der Waals surface area contributed by atoms with Gasteiger partial charge in [-0.15, -0.1) is 0 Å². The molecule has 2 fully saturated rings. The summed E-state index contributed by atoms with van der Waals surface area (Å²) in [7, 11) is 0. The van der Waals surface area contributed by atoms with E-state index in [0.717, 1.165) is 58.0 Å². The average molecular weight is 252 g/mol. The van der Waals surface area contributed by atoms with Crippen LogP contribution in [0.3, 0.4) is 0 Å². The Morgan fingerprint density at radius 2 is 2.17 bits per heavy atom. The molecule has 0 saturated carbocycles. The van der Waals surface area contributed by atoms with Crippen molar-refractivity contribution >= 4 is 0 Å². The van der Waals surface area contributed by atoms with E-state index in [0.29, 0.717) is 5.89 Å². The van der Waals surface area contributed by atoms with Gasteiger partial charge in [0.2, 0.25) is 0 Å². The van der Waals surface area contributed by atoms with Gasteiger partial charge in [0.05, 0.1) is 6.54 Å². The maximum Gasteiger partial charge on any atom is 0.255 e. The van der Waals surface area contributed by atoms with Crippen molar-refractivity contribution in [1.82, 2.24) is 20.4 Å². The molecular formula is C12H20N4O2. The standard InChI is InChI=1S/C12H20N4O2/c1-2-8-17-10(3-1)12-14-11(15-18-12)9-16-6-4-13-5-7-16/h10,13H,1-9H2. The zero-order valence-electron chi connectivity index (χ0n) is 10.6. The van der Waals surface area contributed by atoms with E-state index in [1.165, 1.54) is 6.42 Å². The SMILES string of the molecule is C1CCC(c2nc(CN3CCNCC3)no2)OC1. The van der Waals surface area contributed by atoms with Crippen LogP contribution in [0.1, 0.15) is 37.1 Å². The van der Waals surface area contributed by atoms with E-state index in [2.05, 4.69) is 20.4 Å². The van der Waals surface area contributed by atoms with Gasteiger partial charge in [-0.3, -0.25) is 4.90 Å². The van der Waals surface area contributed by atoms with E-state index in [1.54, 1.807) is 0 Å². The summed E-state index contributed by atoms with van der Waals surface area (Å²) in [6, 6.07) is 0. The van der Waals surface area contributed by atoms with Crippen LogP contribution in [0.25, 0.3) is 0 Å². The minimum absolute atomic E-state index is 0.0167. The Balaban J connectivity index is 1.58. The van der Waals surface area contributed by atoms with Crippen LogP contribution in [0.4, 0.5) is 0 Å². The molecule has 18 heavy (non-hydrogen) atoms. The first-order valence-electron chi connectivity index (χ1n) is 6.79. The summed E-state index contributed by atoms with van der Waals surface area (Å²) in [5.41, 5.74) is 0. The van der Waals surface area contributed by atoms with Gasteiger partial charge in [0.1, 0.15) is 6.10 Å². The highest BCUT2D eigenvalue weighted by Crippen LogP contribution is 2.26. The fraction of sp³-hybridized carbons (Fsp3) is 0.833. The van der Waals surface area contributed by atoms with Gasteiger partial charge in [-0.1, -0.05) is 5.16 Å². The summed E-state index contributed by atoms with van der Waals surface area (Å²) >= 11 is 0. The maximum absolute atomic E-state index is 5.65. The van der Waals surface area contributed by atoms with Crippen LogP contribution in [0.5, 0.6) is 0 Å². The Hall–Kier alpha value is -0.980. The highest BCUT2D eigenvalue weighted by atomic mass is 16.5. The molecule has 2 aliphatic rings. The highest BCUT2D eigenvalue weighted by molar-refractivity contribution is 4.92. The summed E-state index contributed by atoms with van der Waals surface area (Å²) in [4.78, 5) is 6.80. The third-order valence-electron chi connectivity index (χ3n) is 3.51. The zero-order chi connectivity index (χ0) is 12.2. The first-order chi connectivity index (χ1) is 8.92. The summed E-state index contributed by atoms with van der Waals surface area (Å²) < 4.78 is 11.0. The first-order valence-corrected chi connectivity index (χ1v) is 6.79. The van der Waals surface area contributed by atoms with Crippen molar-refractivity contribution in [3.8, 4) is 0 Å². The molecule has 0 radical (unpaired) electrons. The lowest BCUT2D eigenvalue weighted by Crippen LogP contribution is -2.43. The van der Waals surface area contributed by atoms with E-state index in [4.69, 9.17) is 9.26 Å². The Morgan fingerprint density at radius 1 is 1.28 bits per heavy atom. The molecule has 3 rings (SSSR count). The number of piperazine rings is 1. The molecule has 0 aromatic carbocycles. The number of hydrogen-bond acceptors (Lipinski definition) is 6. The average Bonchev–Trinajstić information content (AvgIpc) is 2.89. The van der Waals surface area contributed by atoms with Gasteiger partial charge in [0.15, 0.2) is 5.82 Å². The number of ether oxygens (including phenoxy) is 1. The third kappa shape index (κ3) is 2.88. The van der Waals surface area contributed by atoms with Crippen molar-refractivity contribution in [2.24, 2.45) is 0 Å². The maximum atomic E-state index is 5.65. The predicted molar refractivity (Wildman–Crippen MR) is 65.0 cm³/mol. The Morgan fingerprint density at radius 3 is 2.94 bits per heavy atom. The van der Waals surface area contributed by atoms with E-state index >= 15 is 0 Å². The van der Waals surface area contributed by atoms with Gasteiger partial charge >= 0.3 is 0 Å². The monoisotopic (exact) mass is 252 g/mol. The van der Waals surface area contributed by atoms with Crippen LogP contribution in [0, 0.1) is 0 Å². The second-order valence-electron chi connectivity index (χ2n) is 4.93. The van der Waals surface area contributed by atoms with Gasteiger partial charge < -0.3 is 14.6 Å². The third-order valence-corrected chi connectivity index (χ3v) is 3.51. The summed E-state index contributed by atoms with van der Waals surface area (Å²) in [5.74, 6) is 1.43. The van der Waals surface area contributed by atoms with Gasteiger partial charge in [0, 0.05) is 32.8 Å². The van der Waals surface area contributed by atoms with E-state index in [9.17, 15) is 0 Å². The molecule has 1 aromatic rings. The molecular weight excluding hydrogens is 232 g/mol. The second-order valence-corrected chi connectivity index (χ2v) is 4.93. The van der Waals surface area contributed by atoms with Gasteiger partial charge in [-0.25, -0.2) is 0 Å². The van der Waals surface area contributed by atoms with Crippen molar-refractivity contribution in [1.29, 1.82) is 0 Å². The van der Waals surface area contributed by atoms with Gasteiger partial charge in [-0.05, 0) is 19.3 Å².